The van der Waals surface area contributed by atoms with Crippen LogP contribution in [0.3, 0.4) is 0 Å². The third-order valence-electron chi connectivity index (χ3n) is 14.7. The summed E-state index contributed by atoms with van der Waals surface area (Å²) in [6, 6.07) is 12.9. The van der Waals surface area contributed by atoms with E-state index in [-0.39, 0.29) is 23.4 Å². The molecule has 0 saturated heterocycles. The molecule has 0 fully saturated rings. The number of carbonyl (C=O) groups excluding carboxylic acids is 2. The van der Waals surface area contributed by atoms with Gasteiger partial charge in [0.1, 0.15) is 0 Å². The number of Topliss-reactive ketones (excluding diaryl/α,β-unsaturated/α-hetero) is 2. The highest BCUT2D eigenvalue weighted by Crippen LogP contribution is 2.52. The van der Waals surface area contributed by atoms with Crippen molar-refractivity contribution in [2.24, 2.45) is 11.8 Å². The minimum Gasteiger partial charge on any atom is -0.293 e. The largest absolute Gasteiger partial charge is 0.293 e. The van der Waals surface area contributed by atoms with Crippen LogP contribution in [0.4, 0.5) is 0 Å². The molecule has 2 aromatic carbocycles. The third-order valence-corrected chi connectivity index (χ3v) is 15.7. The molecule has 0 bridgehead atoms. The van der Waals surface area contributed by atoms with Gasteiger partial charge >= 0.3 is 0 Å². The van der Waals surface area contributed by atoms with E-state index in [2.05, 4.69) is 96.0 Å². The molecule has 4 atom stereocenters. The number of rotatable bonds is 36. The summed E-state index contributed by atoms with van der Waals surface area (Å²) >= 11 is 7.60. The van der Waals surface area contributed by atoms with Crippen LogP contribution in [-0.4, -0.2) is 11.6 Å². The maximum atomic E-state index is 15.2. The van der Waals surface area contributed by atoms with E-state index in [1.54, 1.807) is 0 Å². The van der Waals surface area contributed by atoms with E-state index >= 15 is 9.59 Å². The SMILES string of the molecule is CCCCCCCCCCC(CCCCCCCC)CC1C(=O)/C(=C2\C(=O)C(CC(CCCCCCCC)CCCCCCCCCC)c3cc(Br)ccc32)c2ccc(Br)cc21. The molecule has 0 aliphatic heterocycles. The van der Waals surface area contributed by atoms with Crippen LogP contribution in [0, 0.1) is 11.8 Å². The number of benzene rings is 2. The van der Waals surface area contributed by atoms with E-state index < -0.39 is 0 Å². The van der Waals surface area contributed by atoms with Gasteiger partial charge in [-0.05, 0) is 71.2 Å². The molecule has 2 aliphatic rings. The first-order valence-electron chi connectivity index (χ1n) is 26.8. The molecule has 4 unspecified atom stereocenters. The van der Waals surface area contributed by atoms with Crippen LogP contribution in [0.5, 0.6) is 0 Å². The fourth-order valence-electron chi connectivity index (χ4n) is 11.0. The lowest BCUT2D eigenvalue weighted by molar-refractivity contribution is -0.116. The van der Waals surface area contributed by atoms with Gasteiger partial charge in [0.15, 0.2) is 11.6 Å². The van der Waals surface area contributed by atoms with Crippen LogP contribution in [0.15, 0.2) is 45.3 Å². The fraction of sp³-hybridized carbons (Fsp3) is 0.724. The summed E-state index contributed by atoms with van der Waals surface area (Å²) in [6.07, 6.45) is 43.6. The monoisotopic (exact) mass is 977 g/mol. The molecule has 0 heterocycles. The minimum atomic E-state index is -0.183. The minimum absolute atomic E-state index is 0.183. The summed E-state index contributed by atoms with van der Waals surface area (Å²) < 4.78 is 2.04. The van der Waals surface area contributed by atoms with E-state index in [0.29, 0.717) is 11.8 Å². The first-order valence-corrected chi connectivity index (χ1v) is 28.3. The zero-order valence-electron chi connectivity index (χ0n) is 40.4. The van der Waals surface area contributed by atoms with Gasteiger partial charge < -0.3 is 0 Å². The van der Waals surface area contributed by atoms with Crippen molar-refractivity contribution in [1.82, 2.24) is 0 Å². The second-order valence-electron chi connectivity index (χ2n) is 19.9. The van der Waals surface area contributed by atoms with Crippen molar-refractivity contribution in [1.29, 1.82) is 0 Å². The lowest BCUT2D eigenvalue weighted by Crippen LogP contribution is -2.15. The molecular formula is C58H90Br2O2. The molecule has 4 heteroatoms. The maximum Gasteiger partial charge on any atom is 0.171 e. The van der Waals surface area contributed by atoms with Gasteiger partial charge in [-0.1, -0.05) is 277 Å². The first kappa shape index (κ1) is 53.1. The van der Waals surface area contributed by atoms with Gasteiger partial charge in [-0.3, -0.25) is 9.59 Å². The Labute approximate surface area is 399 Å². The average molecular weight is 979 g/mol. The molecule has 0 saturated carbocycles. The Morgan fingerprint density at radius 3 is 0.919 bits per heavy atom. The van der Waals surface area contributed by atoms with E-state index in [4.69, 9.17) is 0 Å². The van der Waals surface area contributed by atoms with Gasteiger partial charge in [-0.25, -0.2) is 0 Å². The lowest BCUT2D eigenvalue weighted by atomic mass is 9.82. The highest BCUT2D eigenvalue weighted by Gasteiger charge is 2.44. The molecule has 0 aromatic heterocycles. The Balaban J connectivity index is 1.57. The number of unbranched alkanes of at least 4 members (excludes halogenated alkanes) is 24. The first-order chi connectivity index (χ1) is 30.3. The Morgan fingerprint density at radius 2 is 0.645 bits per heavy atom. The summed E-state index contributed by atoms with van der Waals surface area (Å²) in [5.74, 6) is 1.08. The Bertz CT molecular complexity index is 1490. The standard InChI is InChI=1S/C58H90Br2O2/c1-5-9-13-17-21-23-27-31-35-45(33-29-25-19-15-11-7-3)41-53-51-43-47(59)37-39-49(51)55(57(53)61)56-50-40-38-48(60)44-52(50)54(58(56)62)42-46(34-30-26-20-16-12-8-4)36-32-28-24-22-18-14-10-6-2/h37-40,43-46,53-54H,5-36,41-42H2,1-4H3/b56-55-. The zero-order chi connectivity index (χ0) is 44.4. The number of hydrogen-bond donors (Lipinski definition) is 0. The van der Waals surface area contributed by atoms with Gasteiger partial charge in [-0.15, -0.1) is 0 Å². The second-order valence-corrected chi connectivity index (χ2v) is 21.7. The summed E-state index contributed by atoms with van der Waals surface area (Å²) in [5, 5.41) is 0. The number of halogens is 2. The molecule has 4 rings (SSSR count). The summed E-state index contributed by atoms with van der Waals surface area (Å²) in [5.41, 5.74) is 5.73. The predicted molar refractivity (Wildman–Crippen MR) is 277 cm³/mol. The maximum absolute atomic E-state index is 15.2. The van der Waals surface area contributed by atoms with Gasteiger partial charge in [0, 0.05) is 31.9 Å². The summed E-state index contributed by atoms with van der Waals surface area (Å²) in [7, 11) is 0. The molecule has 2 aliphatic carbocycles. The number of allylic oxidation sites excluding steroid dienone is 2. The van der Waals surface area contributed by atoms with E-state index in [1.165, 1.54) is 205 Å². The van der Waals surface area contributed by atoms with Crippen molar-refractivity contribution < 1.29 is 9.59 Å². The average Bonchev–Trinajstić information content (AvgIpc) is 3.68. The number of fused-ring (bicyclic) bond motifs is 2. The predicted octanol–water partition coefficient (Wildman–Crippen LogP) is 20.0. The third kappa shape index (κ3) is 17.7. The molecular weight excluding hydrogens is 888 g/mol. The Kier molecular flexibility index (Phi) is 26.9. The van der Waals surface area contributed by atoms with E-state index in [9.17, 15) is 0 Å². The molecule has 348 valence electrons. The highest BCUT2D eigenvalue weighted by atomic mass is 79.9. The van der Waals surface area contributed by atoms with E-state index in [0.717, 1.165) is 55.2 Å². The van der Waals surface area contributed by atoms with Crippen molar-refractivity contribution in [3.63, 3.8) is 0 Å². The second kappa shape index (κ2) is 31.4. The number of hydrogen-bond acceptors (Lipinski definition) is 2. The zero-order valence-corrected chi connectivity index (χ0v) is 43.6. The quantitative estimate of drug-likeness (QED) is 0.0504. The van der Waals surface area contributed by atoms with Crippen molar-refractivity contribution in [2.75, 3.05) is 0 Å². The molecule has 2 aromatic rings. The Hall–Kier alpha value is -1.52. The molecule has 2 nitrogen and oxygen atoms in total. The van der Waals surface area contributed by atoms with Gasteiger partial charge in [-0.2, -0.15) is 0 Å². The van der Waals surface area contributed by atoms with Crippen molar-refractivity contribution in [3.8, 4) is 0 Å². The summed E-state index contributed by atoms with van der Waals surface area (Å²) in [4.78, 5) is 30.4. The van der Waals surface area contributed by atoms with Gasteiger partial charge in [0.25, 0.3) is 0 Å². The molecule has 62 heavy (non-hydrogen) atoms. The van der Waals surface area contributed by atoms with Gasteiger partial charge in [0.2, 0.25) is 0 Å². The topological polar surface area (TPSA) is 34.1 Å². The smallest absolute Gasteiger partial charge is 0.171 e. The Morgan fingerprint density at radius 1 is 0.387 bits per heavy atom. The normalized spacial score (nSPS) is 18.2. The van der Waals surface area contributed by atoms with Crippen molar-refractivity contribution in [2.45, 2.75) is 258 Å². The van der Waals surface area contributed by atoms with Crippen LogP contribution in [-0.2, 0) is 9.59 Å². The summed E-state index contributed by atoms with van der Waals surface area (Å²) in [6.45, 7) is 9.18. The van der Waals surface area contributed by atoms with Crippen molar-refractivity contribution in [3.05, 3.63) is 67.6 Å². The van der Waals surface area contributed by atoms with Crippen LogP contribution in [0.25, 0.3) is 11.1 Å². The van der Waals surface area contributed by atoms with E-state index in [1.807, 2.05) is 0 Å². The van der Waals surface area contributed by atoms with Crippen LogP contribution in [0.1, 0.15) is 280 Å². The molecule has 0 radical (unpaired) electrons. The number of ketones is 2. The molecule has 0 spiro atoms. The molecule has 0 N–H and O–H groups in total. The van der Waals surface area contributed by atoms with Gasteiger partial charge in [0.05, 0.1) is 0 Å². The van der Waals surface area contributed by atoms with Crippen LogP contribution in [0.2, 0.25) is 0 Å². The lowest BCUT2D eigenvalue weighted by Gasteiger charge is -2.21. The number of carbonyl (C=O) groups is 2. The van der Waals surface area contributed by atoms with Crippen LogP contribution >= 0.6 is 31.9 Å². The van der Waals surface area contributed by atoms with Crippen LogP contribution < -0.4 is 0 Å². The molecule has 0 amide bonds. The van der Waals surface area contributed by atoms with Crippen molar-refractivity contribution >= 4 is 54.6 Å². The fourth-order valence-corrected chi connectivity index (χ4v) is 11.7. The highest BCUT2D eigenvalue weighted by molar-refractivity contribution is 9.10.